The number of hydrogen-bond acceptors (Lipinski definition) is 0. The summed E-state index contributed by atoms with van der Waals surface area (Å²) in [4.78, 5) is 0. The molecule has 2 aromatic carbocycles. The zero-order chi connectivity index (χ0) is 26.4. The molecule has 0 saturated heterocycles. The summed E-state index contributed by atoms with van der Waals surface area (Å²) in [5.74, 6) is -2.84. The quantitative estimate of drug-likeness (QED) is 0.162. The predicted molar refractivity (Wildman–Crippen MR) is 142 cm³/mol. The van der Waals surface area contributed by atoms with Crippen LogP contribution < -0.4 is 7.74 Å². The van der Waals surface area contributed by atoms with Crippen molar-refractivity contribution in [1.29, 1.82) is 0 Å². The molecule has 0 atom stereocenters. The third-order valence-electron chi connectivity index (χ3n) is 7.20. The van der Waals surface area contributed by atoms with Crippen LogP contribution >= 0.6 is 0 Å². The van der Waals surface area contributed by atoms with E-state index in [-0.39, 0.29) is 20.6 Å². The van der Waals surface area contributed by atoms with Crippen molar-refractivity contribution >= 4 is 7.74 Å². The molecule has 2 aliphatic carbocycles. The van der Waals surface area contributed by atoms with Gasteiger partial charge in [0.2, 0.25) is 0 Å². The Morgan fingerprint density at radius 1 is 0.595 bits per heavy atom. The molecular weight excluding hydrogens is 508 g/mol. The molecule has 0 aromatic heterocycles. The van der Waals surface area contributed by atoms with Crippen molar-refractivity contribution in [1.82, 2.24) is 0 Å². The van der Waals surface area contributed by atoms with E-state index in [1.807, 2.05) is 62.5 Å². The fourth-order valence-corrected chi connectivity index (χ4v) is 14.4. The second kappa shape index (κ2) is 12.2. The van der Waals surface area contributed by atoms with Crippen LogP contribution in [0.15, 0.2) is 97.2 Å². The normalized spacial score (nSPS) is 15.9. The Labute approximate surface area is 220 Å². The molecule has 0 saturated carbocycles. The number of benzene rings is 2. The molecule has 37 heavy (non-hydrogen) atoms. The predicted octanol–water partition coefficient (Wildman–Crippen LogP) is 8.19. The van der Waals surface area contributed by atoms with E-state index in [1.165, 1.54) is 24.3 Å². The Bertz CT molecular complexity index is 1190. The zero-order valence-corrected chi connectivity index (χ0v) is 22.8. The minimum atomic E-state index is -4.68. The summed E-state index contributed by atoms with van der Waals surface area (Å²) in [6.07, 6.45) is 24.3. The summed E-state index contributed by atoms with van der Waals surface area (Å²) < 4.78 is 63.6. The summed E-state index contributed by atoms with van der Waals surface area (Å²) in [6.45, 7) is 3.96. The van der Waals surface area contributed by atoms with Crippen LogP contribution in [0.4, 0.5) is 17.6 Å². The molecule has 0 nitrogen and oxygen atoms in total. The summed E-state index contributed by atoms with van der Waals surface area (Å²) in [5, 5.41) is 0. The Hall–Kier alpha value is -2.69. The van der Waals surface area contributed by atoms with E-state index in [0.717, 1.165) is 12.8 Å². The average molecular weight is 540 g/mol. The summed E-state index contributed by atoms with van der Waals surface area (Å²) in [7, 11) is 0. The maximum absolute atomic E-state index is 16.5. The third kappa shape index (κ3) is 5.19. The molecule has 0 aliphatic heterocycles. The van der Waals surface area contributed by atoms with Crippen molar-refractivity contribution in [2.75, 3.05) is 0 Å². The van der Waals surface area contributed by atoms with Gasteiger partial charge < -0.3 is 0 Å². The van der Waals surface area contributed by atoms with E-state index in [1.54, 1.807) is 24.3 Å². The van der Waals surface area contributed by atoms with Crippen LogP contribution in [-0.2, 0) is 29.4 Å². The molecule has 0 N–H and O–H groups in total. The van der Waals surface area contributed by atoms with Crippen LogP contribution in [0.25, 0.3) is 0 Å². The first-order valence-electron chi connectivity index (χ1n) is 12.9. The molecule has 0 unspecified atom stereocenters. The van der Waals surface area contributed by atoms with Crippen molar-refractivity contribution in [2.24, 2.45) is 0 Å². The van der Waals surface area contributed by atoms with Crippen LogP contribution in [0.5, 0.6) is 0 Å². The van der Waals surface area contributed by atoms with Gasteiger partial charge in [0.25, 0.3) is 0 Å². The van der Waals surface area contributed by atoms with Gasteiger partial charge in [-0.15, -0.1) is 0 Å². The maximum atomic E-state index is 16.5. The fourth-order valence-electron chi connectivity index (χ4n) is 5.50. The SMILES string of the molecule is CCC=CCc1ccc(F)[c]([Ti]([c]2c(F)ccc(CC=CCC)c2F)([CH]2C=CC=C2)[CH]2C=CC=C2)c1F. The van der Waals surface area contributed by atoms with Crippen molar-refractivity contribution in [2.45, 2.75) is 48.0 Å². The molecule has 0 fully saturated rings. The Balaban J connectivity index is 2.08. The van der Waals surface area contributed by atoms with Gasteiger partial charge in [-0.05, 0) is 0 Å². The molecule has 0 spiro atoms. The summed E-state index contributed by atoms with van der Waals surface area (Å²) in [5.41, 5.74) is 0.659. The van der Waals surface area contributed by atoms with Crippen LogP contribution in [0, 0.1) is 23.3 Å². The van der Waals surface area contributed by atoms with Gasteiger partial charge in [-0.25, -0.2) is 0 Å². The van der Waals surface area contributed by atoms with Gasteiger partial charge in [0, 0.05) is 0 Å². The first-order valence-corrected chi connectivity index (χ1v) is 16.3. The van der Waals surface area contributed by atoms with E-state index in [4.69, 9.17) is 0 Å². The molecule has 0 radical (unpaired) electrons. The minimum absolute atomic E-state index is 0.121. The van der Waals surface area contributed by atoms with Gasteiger partial charge in [0.05, 0.1) is 0 Å². The molecule has 2 aromatic rings. The van der Waals surface area contributed by atoms with Crippen LogP contribution in [0.1, 0.15) is 37.8 Å². The topological polar surface area (TPSA) is 0 Å². The average Bonchev–Trinajstić information content (AvgIpc) is 3.61. The monoisotopic (exact) mass is 540 g/mol. The third-order valence-corrected chi connectivity index (χ3v) is 15.7. The molecule has 0 amide bonds. The van der Waals surface area contributed by atoms with Crippen molar-refractivity contribution in [3.05, 3.63) is 132 Å². The van der Waals surface area contributed by atoms with Crippen LogP contribution in [0.2, 0.25) is 8.45 Å². The van der Waals surface area contributed by atoms with Gasteiger partial charge in [-0.2, -0.15) is 0 Å². The number of hydrogen-bond donors (Lipinski definition) is 0. The molecule has 2 aliphatic rings. The summed E-state index contributed by atoms with van der Waals surface area (Å²) in [6, 6.07) is 5.42. The number of rotatable bonds is 10. The Kier molecular flexibility index (Phi) is 9.05. The Morgan fingerprint density at radius 2 is 0.973 bits per heavy atom. The van der Waals surface area contributed by atoms with Crippen molar-refractivity contribution < 1.29 is 34.2 Å². The Morgan fingerprint density at radius 3 is 1.32 bits per heavy atom. The van der Waals surface area contributed by atoms with E-state index in [0.29, 0.717) is 11.1 Å². The molecule has 5 heteroatoms. The number of halogens is 4. The van der Waals surface area contributed by atoms with E-state index in [2.05, 4.69) is 0 Å². The van der Waals surface area contributed by atoms with Gasteiger partial charge in [0.15, 0.2) is 0 Å². The molecule has 192 valence electrons. The molecule has 4 rings (SSSR count). The summed E-state index contributed by atoms with van der Waals surface area (Å²) >= 11 is -4.68. The van der Waals surface area contributed by atoms with Gasteiger partial charge in [-0.3, -0.25) is 0 Å². The van der Waals surface area contributed by atoms with Gasteiger partial charge >= 0.3 is 221 Å². The second-order valence-electron chi connectivity index (χ2n) is 9.42. The van der Waals surface area contributed by atoms with E-state index in [9.17, 15) is 0 Å². The zero-order valence-electron chi connectivity index (χ0n) is 21.2. The van der Waals surface area contributed by atoms with Gasteiger partial charge in [-0.1, -0.05) is 0 Å². The second-order valence-corrected chi connectivity index (χ2v) is 15.8. The van der Waals surface area contributed by atoms with Crippen molar-refractivity contribution in [3.8, 4) is 0 Å². The first kappa shape index (κ1) is 27.4. The number of allylic oxidation sites excluding steroid dienone is 12. The fraction of sp³-hybridized carbons (Fsp3) is 0.250. The molecule has 0 bridgehead atoms. The van der Waals surface area contributed by atoms with E-state index < -0.39 is 48.3 Å². The van der Waals surface area contributed by atoms with Crippen molar-refractivity contribution in [3.63, 3.8) is 0 Å². The van der Waals surface area contributed by atoms with Crippen LogP contribution in [0.3, 0.4) is 0 Å². The van der Waals surface area contributed by atoms with Crippen LogP contribution in [-0.4, -0.2) is 0 Å². The van der Waals surface area contributed by atoms with E-state index >= 15 is 17.6 Å². The first-order chi connectivity index (χ1) is 18.0. The molecule has 0 heterocycles. The van der Waals surface area contributed by atoms with Gasteiger partial charge in [0.1, 0.15) is 0 Å². The molecular formula is C32H32F4Ti. The standard InChI is InChI=1S/2C11H11F2.2C5H5.Ti/c2*1-2-3-4-5-9-6-7-10(12)8-11(9)13;2*1-2-4-5-3-1;/h2*3-4,6-7H,2,5H2,1H3;2*1-5H;.